The molecule has 3 rings (SSSR count). The first kappa shape index (κ1) is 19.9. The molecule has 0 aliphatic carbocycles. The van der Waals surface area contributed by atoms with Gasteiger partial charge in [0.1, 0.15) is 0 Å². The number of rotatable bonds is 3. The van der Waals surface area contributed by atoms with Crippen molar-refractivity contribution in [2.45, 2.75) is 40.8 Å². The Morgan fingerprint density at radius 2 is 1.89 bits per heavy atom. The van der Waals surface area contributed by atoms with Gasteiger partial charge in [0.2, 0.25) is 17.7 Å². The molecule has 1 N–H and O–H groups in total. The van der Waals surface area contributed by atoms with Crippen molar-refractivity contribution in [3.63, 3.8) is 0 Å². The lowest BCUT2D eigenvalue weighted by atomic mass is 9.81. The smallest absolute Gasteiger partial charge is 0.338 e. The van der Waals surface area contributed by atoms with E-state index in [1.165, 1.54) is 10.6 Å². The summed E-state index contributed by atoms with van der Waals surface area (Å²) in [6, 6.07) is 4.75. The lowest BCUT2D eigenvalue weighted by Crippen LogP contribution is -2.31. The number of fused-ring (bicyclic) bond motifs is 1. The predicted octanol–water partition coefficient (Wildman–Crippen LogP) is 4.96. The highest BCUT2D eigenvalue weighted by Gasteiger charge is 2.32. The Morgan fingerprint density at radius 3 is 2.43 bits per heavy atom. The van der Waals surface area contributed by atoms with Crippen molar-refractivity contribution >= 4 is 22.9 Å². The zero-order valence-corrected chi connectivity index (χ0v) is 16.2. The molecule has 2 aromatic heterocycles. The molecule has 9 heteroatoms. The number of imidazole rings is 1. The first-order valence-corrected chi connectivity index (χ1v) is 8.72. The lowest BCUT2D eigenvalue weighted by Gasteiger charge is -2.25. The third kappa shape index (κ3) is 3.74. The second-order valence-electron chi connectivity index (χ2n) is 7.86. The molecule has 0 saturated heterocycles. The molecule has 0 spiro atoms. The van der Waals surface area contributed by atoms with Crippen LogP contribution in [0.25, 0.3) is 16.9 Å². The summed E-state index contributed by atoms with van der Waals surface area (Å²) < 4.78 is 46.1. The molecule has 0 bridgehead atoms. The molecule has 0 aliphatic rings. The number of hydrogen-bond acceptors (Lipinski definition) is 4. The maximum Gasteiger partial charge on any atom is 0.416 e. The fourth-order valence-corrected chi connectivity index (χ4v) is 2.63. The van der Waals surface area contributed by atoms with Gasteiger partial charge in [-0.05, 0) is 30.5 Å². The molecule has 1 aromatic carbocycles. The molecular weight excluding hydrogens is 373 g/mol. The molecule has 6 nitrogen and oxygen atoms in total. The third-order valence-corrected chi connectivity index (χ3v) is 4.75. The number of carbonyl (C=O) groups excluding carboxylic acids is 1. The number of nitrogens with zero attached hydrogens (tertiary/aromatic N) is 3. The van der Waals surface area contributed by atoms with Crippen LogP contribution in [0.3, 0.4) is 0 Å². The second-order valence-corrected chi connectivity index (χ2v) is 7.86. The van der Waals surface area contributed by atoms with Crippen molar-refractivity contribution in [2.24, 2.45) is 11.3 Å². The lowest BCUT2D eigenvalue weighted by molar-refractivity contribution is -0.137. The van der Waals surface area contributed by atoms with Gasteiger partial charge in [0.05, 0.1) is 22.3 Å². The molecule has 0 saturated carbocycles. The van der Waals surface area contributed by atoms with Gasteiger partial charge in [-0.25, -0.2) is 9.55 Å². The highest BCUT2D eigenvalue weighted by molar-refractivity contribution is 5.94. The maximum absolute atomic E-state index is 13.2. The molecule has 3 aromatic rings. The second kappa shape index (κ2) is 6.65. The number of carbonyl (C=O) groups is 1. The summed E-state index contributed by atoms with van der Waals surface area (Å²) in [5.41, 5.74) is -0.124. The summed E-state index contributed by atoms with van der Waals surface area (Å²) in [5.74, 6) is -0.413. The largest absolute Gasteiger partial charge is 0.416 e. The van der Waals surface area contributed by atoms with Crippen molar-refractivity contribution in [1.29, 1.82) is 0 Å². The van der Waals surface area contributed by atoms with Crippen molar-refractivity contribution < 1.29 is 22.5 Å². The summed E-state index contributed by atoms with van der Waals surface area (Å²) in [4.78, 5) is 17.0. The van der Waals surface area contributed by atoms with Crippen LogP contribution in [0.2, 0.25) is 0 Å². The fourth-order valence-electron chi connectivity index (χ4n) is 2.63. The predicted molar refractivity (Wildman–Crippen MR) is 98.1 cm³/mol. The average molecular weight is 394 g/mol. The number of anilines is 1. The molecule has 1 atom stereocenters. The minimum atomic E-state index is -4.51. The van der Waals surface area contributed by atoms with E-state index >= 15 is 0 Å². The highest BCUT2D eigenvalue weighted by Crippen LogP contribution is 2.34. The molecule has 0 aliphatic heterocycles. The van der Waals surface area contributed by atoms with Crippen molar-refractivity contribution in [2.75, 3.05) is 5.32 Å². The standard InChI is InChI=1S/C19H21F3N4O2/c1-10-8-15(28-25-10)26-14-9-12(19(20,21)22)6-7-13(14)23-17(26)24-16(27)11(2)18(3,4)5/h6-9,11H,1-5H3,(H,23,24,27). The van der Waals surface area contributed by atoms with E-state index in [0.717, 1.165) is 12.1 Å². The molecule has 2 heterocycles. The summed E-state index contributed by atoms with van der Waals surface area (Å²) in [6.07, 6.45) is -4.51. The van der Waals surface area contributed by atoms with Crippen LogP contribution in [0.15, 0.2) is 28.8 Å². The van der Waals surface area contributed by atoms with Crippen molar-refractivity contribution in [3.05, 3.63) is 35.5 Å². The molecular formula is C19H21F3N4O2. The van der Waals surface area contributed by atoms with E-state index in [-0.39, 0.29) is 34.6 Å². The fraction of sp³-hybridized carbons (Fsp3) is 0.421. The van der Waals surface area contributed by atoms with Crippen LogP contribution < -0.4 is 5.32 Å². The van der Waals surface area contributed by atoms with Gasteiger partial charge in [-0.3, -0.25) is 10.1 Å². The summed E-state index contributed by atoms with van der Waals surface area (Å²) in [6.45, 7) is 9.25. The van der Waals surface area contributed by atoms with Gasteiger partial charge >= 0.3 is 6.18 Å². The van der Waals surface area contributed by atoms with Crippen LogP contribution >= 0.6 is 0 Å². The number of benzene rings is 1. The Bertz CT molecular complexity index is 1030. The topological polar surface area (TPSA) is 73.0 Å². The molecule has 0 fully saturated rings. The van der Waals surface area contributed by atoms with E-state index in [2.05, 4.69) is 15.5 Å². The van der Waals surface area contributed by atoms with Crippen LogP contribution in [-0.2, 0) is 11.0 Å². The van der Waals surface area contributed by atoms with Gasteiger partial charge in [-0.2, -0.15) is 13.2 Å². The van der Waals surface area contributed by atoms with Crippen LogP contribution in [0.5, 0.6) is 0 Å². The van der Waals surface area contributed by atoms with Gasteiger partial charge in [0.15, 0.2) is 0 Å². The van der Waals surface area contributed by atoms with Gasteiger partial charge in [0.25, 0.3) is 0 Å². The number of nitrogens with one attached hydrogen (secondary N) is 1. The molecule has 150 valence electrons. The highest BCUT2D eigenvalue weighted by atomic mass is 19.4. The van der Waals surface area contributed by atoms with Gasteiger partial charge < -0.3 is 4.52 Å². The van der Waals surface area contributed by atoms with E-state index in [4.69, 9.17) is 4.52 Å². The summed E-state index contributed by atoms with van der Waals surface area (Å²) in [5, 5.41) is 6.50. The van der Waals surface area contributed by atoms with E-state index in [1.807, 2.05) is 20.8 Å². The molecule has 0 radical (unpaired) electrons. The number of alkyl halides is 3. The quantitative estimate of drug-likeness (QED) is 0.681. The molecule has 28 heavy (non-hydrogen) atoms. The Morgan fingerprint density at radius 1 is 1.21 bits per heavy atom. The molecule has 1 amide bonds. The zero-order valence-electron chi connectivity index (χ0n) is 16.2. The Labute approximate surface area is 159 Å². The Kier molecular flexibility index (Phi) is 4.73. The van der Waals surface area contributed by atoms with E-state index < -0.39 is 11.7 Å². The van der Waals surface area contributed by atoms with Crippen LogP contribution in [-0.4, -0.2) is 20.6 Å². The van der Waals surface area contributed by atoms with Crippen molar-refractivity contribution in [1.82, 2.24) is 14.7 Å². The van der Waals surface area contributed by atoms with Crippen LogP contribution in [0.1, 0.15) is 39.0 Å². The first-order chi connectivity index (χ1) is 12.9. The zero-order chi connectivity index (χ0) is 20.9. The molecule has 1 unspecified atom stereocenters. The average Bonchev–Trinajstić information content (AvgIpc) is 3.14. The third-order valence-electron chi connectivity index (χ3n) is 4.75. The van der Waals surface area contributed by atoms with Crippen molar-refractivity contribution in [3.8, 4) is 5.88 Å². The first-order valence-electron chi connectivity index (χ1n) is 8.72. The van der Waals surface area contributed by atoms with Crippen LogP contribution in [0.4, 0.5) is 19.1 Å². The number of aryl methyl sites for hydroxylation is 1. The Balaban J connectivity index is 2.15. The van der Waals surface area contributed by atoms with Gasteiger partial charge in [-0.15, -0.1) is 0 Å². The minimum absolute atomic E-state index is 0.0755. The van der Waals surface area contributed by atoms with Crippen LogP contribution in [0, 0.1) is 18.3 Å². The summed E-state index contributed by atoms with van der Waals surface area (Å²) in [7, 11) is 0. The number of halogens is 3. The van der Waals surface area contributed by atoms with E-state index in [0.29, 0.717) is 11.2 Å². The number of aromatic nitrogens is 3. The van der Waals surface area contributed by atoms with Gasteiger partial charge in [0, 0.05) is 12.0 Å². The van der Waals surface area contributed by atoms with E-state index in [1.54, 1.807) is 19.9 Å². The normalized spacial score (nSPS) is 13.7. The van der Waals surface area contributed by atoms with E-state index in [9.17, 15) is 18.0 Å². The number of hydrogen-bond donors (Lipinski definition) is 1. The van der Waals surface area contributed by atoms with Gasteiger partial charge in [-0.1, -0.05) is 32.9 Å². The minimum Gasteiger partial charge on any atom is -0.338 e. The maximum atomic E-state index is 13.2. The number of amides is 1. The summed E-state index contributed by atoms with van der Waals surface area (Å²) >= 11 is 0. The monoisotopic (exact) mass is 394 g/mol. The SMILES string of the molecule is Cc1cc(-n2c(NC(=O)C(C)C(C)(C)C)nc3ccc(C(F)(F)F)cc32)on1. The Hall–Kier alpha value is -2.84.